The summed E-state index contributed by atoms with van der Waals surface area (Å²) in [5.74, 6) is 2.03. The minimum absolute atomic E-state index is 0.0204. The van der Waals surface area contributed by atoms with Gasteiger partial charge in [-0.3, -0.25) is 4.79 Å². The second-order valence-electron chi connectivity index (χ2n) is 8.40. The first-order valence-corrected chi connectivity index (χ1v) is 11.8. The Labute approximate surface area is 199 Å². The van der Waals surface area contributed by atoms with E-state index in [1.54, 1.807) is 7.11 Å². The van der Waals surface area contributed by atoms with Gasteiger partial charge in [0.15, 0.2) is 0 Å². The van der Waals surface area contributed by atoms with E-state index in [0.29, 0.717) is 24.1 Å². The zero-order valence-corrected chi connectivity index (χ0v) is 19.9. The van der Waals surface area contributed by atoms with Crippen LogP contribution < -0.4 is 25.5 Å². The van der Waals surface area contributed by atoms with Crippen LogP contribution in [0.3, 0.4) is 0 Å². The number of aromatic nitrogens is 3. The van der Waals surface area contributed by atoms with Gasteiger partial charge in [-0.15, -0.1) is 0 Å². The van der Waals surface area contributed by atoms with E-state index in [9.17, 15) is 4.79 Å². The Bertz CT molecular complexity index is 1170. The number of ether oxygens (including phenoxy) is 2. The molecule has 0 spiro atoms. The van der Waals surface area contributed by atoms with Crippen molar-refractivity contribution in [1.29, 1.82) is 0 Å². The molecule has 0 aliphatic heterocycles. The van der Waals surface area contributed by atoms with E-state index in [1.165, 1.54) is 38.0 Å². The molecule has 2 N–H and O–H groups in total. The summed E-state index contributed by atoms with van der Waals surface area (Å²) in [5, 5.41) is 6.66. The molecule has 0 atom stereocenters. The maximum atomic E-state index is 12.4. The van der Waals surface area contributed by atoms with Crippen molar-refractivity contribution in [2.45, 2.75) is 64.8 Å². The Kier molecular flexibility index (Phi) is 7.61. The molecule has 0 bridgehead atoms. The van der Waals surface area contributed by atoms with Gasteiger partial charge in [0.05, 0.1) is 13.4 Å². The minimum Gasteiger partial charge on any atom is -0.496 e. The van der Waals surface area contributed by atoms with Crippen LogP contribution in [0.4, 0.5) is 17.6 Å². The van der Waals surface area contributed by atoms with Crippen LogP contribution in [0.5, 0.6) is 17.5 Å². The first kappa shape index (κ1) is 23.5. The van der Waals surface area contributed by atoms with Gasteiger partial charge in [0.1, 0.15) is 11.5 Å². The Morgan fingerprint density at radius 1 is 1.06 bits per heavy atom. The number of nitrogens with zero attached hydrogens (tertiary/aromatic N) is 3. The first-order valence-electron chi connectivity index (χ1n) is 11.8. The van der Waals surface area contributed by atoms with Gasteiger partial charge in [-0.2, -0.15) is 15.0 Å². The van der Waals surface area contributed by atoms with Crippen LogP contribution in [-0.2, 0) is 6.42 Å². The summed E-state index contributed by atoms with van der Waals surface area (Å²) in [6.07, 6.45) is 8.82. The van der Waals surface area contributed by atoms with Crippen molar-refractivity contribution >= 4 is 17.6 Å². The number of hydrogen-bond acceptors (Lipinski definition) is 9. The highest BCUT2D eigenvalue weighted by Gasteiger charge is 2.18. The Hall–Kier alpha value is -3.62. The van der Waals surface area contributed by atoms with Crippen molar-refractivity contribution in [3.05, 3.63) is 52.1 Å². The number of nitrogens with one attached hydrogen (secondary N) is 2. The molecule has 34 heavy (non-hydrogen) atoms. The third kappa shape index (κ3) is 5.84. The van der Waals surface area contributed by atoms with E-state index in [0.717, 1.165) is 29.8 Å². The summed E-state index contributed by atoms with van der Waals surface area (Å²) in [5.41, 5.74) is 1.48. The summed E-state index contributed by atoms with van der Waals surface area (Å²) in [6.45, 7) is 3.85. The second kappa shape index (κ2) is 11.0. The van der Waals surface area contributed by atoms with Crippen LogP contribution in [0.25, 0.3) is 0 Å². The van der Waals surface area contributed by atoms with Crippen molar-refractivity contribution < 1.29 is 13.9 Å². The van der Waals surface area contributed by atoms with Gasteiger partial charge in [-0.05, 0) is 43.5 Å². The molecule has 1 fully saturated rings. The van der Waals surface area contributed by atoms with Crippen molar-refractivity contribution in [2.75, 3.05) is 17.7 Å². The Morgan fingerprint density at radius 2 is 1.82 bits per heavy atom. The van der Waals surface area contributed by atoms with Gasteiger partial charge in [0.25, 0.3) is 0 Å². The Balaban J connectivity index is 1.66. The average Bonchev–Trinajstić information content (AvgIpc) is 3.09. The summed E-state index contributed by atoms with van der Waals surface area (Å²) in [4.78, 5) is 25.9. The molecule has 180 valence electrons. The normalized spacial score (nSPS) is 14.3. The fourth-order valence-electron chi connectivity index (χ4n) is 4.10. The van der Waals surface area contributed by atoms with E-state index < -0.39 is 0 Å². The number of rotatable bonds is 8. The maximum Gasteiger partial charge on any atom is 0.328 e. The van der Waals surface area contributed by atoms with E-state index in [-0.39, 0.29) is 23.2 Å². The topological polar surface area (TPSA) is 111 Å². The van der Waals surface area contributed by atoms with E-state index in [4.69, 9.17) is 13.9 Å². The van der Waals surface area contributed by atoms with Crippen molar-refractivity contribution in [1.82, 2.24) is 15.0 Å². The lowest BCUT2D eigenvalue weighted by Gasteiger charge is -2.17. The number of hydrogen-bond donors (Lipinski definition) is 2. The first-order chi connectivity index (χ1) is 16.6. The molecule has 9 heteroatoms. The highest BCUT2D eigenvalue weighted by molar-refractivity contribution is 5.58. The second-order valence-corrected chi connectivity index (χ2v) is 8.40. The van der Waals surface area contributed by atoms with Gasteiger partial charge in [0, 0.05) is 24.2 Å². The quantitative estimate of drug-likeness (QED) is 0.424. The SMILES string of the molecule is CCc1occc(=O)c1Oc1nc(Nc2ccc(OC)c(C)c2)nc(NC2CCCCCC2)n1. The fraction of sp³-hybridized carbons (Fsp3) is 0.440. The summed E-state index contributed by atoms with van der Waals surface area (Å²) >= 11 is 0. The van der Waals surface area contributed by atoms with Crippen LogP contribution in [0, 0.1) is 6.92 Å². The molecule has 1 aromatic carbocycles. The van der Waals surface area contributed by atoms with Crippen LogP contribution >= 0.6 is 0 Å². The monoisotopic (exact) mass is 465 g/mol. The predicted octanol–water partition coefficient (Wildman–Crippen LogP) is 5.37. The highest BCUT2D eigenvalue weighted by Crippen LogP contribution is 2.27. The zero-order valence-electron chi connectivity index (χ0n) is 19.9. The highest BCUT2D eigenvalue weighted by atomic mass is 16.5. The molecule has 0 unspecified atom stereocenters. The zero-order chi connectivity index (χ0) is 23.9. The number of benzene rings is 1. The molecule has 3 aromatic rings. The molecule has 2 aromatic heterocycles. The van der Waals surface area contributed by atoms with Crippen molar-refractivity contribution in [2.24, 2.45) is 0 Å². The lowest BCUT2D eigenvalue weighted by molar-refractivity contribution is 0.389. The third-order valence-corrected chi connectivity index (χ3v) is 5.88. The Morgan fingerprint density at radius 3 is 2.53 bits per heavy atom. The van der Waals surface area contributed by atoms with Crippen LogP contribution in [-0.4, -0.2) is 28.1 Å². The smallest absolute Gasteiger partial charge is 0.328 e. The largest absolute Gasteiger partial charge is 0.496 e. The van der Waals surface area contributed by atoms with Crippen LogP contribution in [0.1, 0.15) is 56.8 Å². The molecule has 1 saturated carbocycles. The molecular formula is C25H31N5O4. The number of aryl methyl sites for hydroxylation is 2. The van der Waals surface area contributed by atoms with Crippen LogP contribution in [0.15, 0.2) is 39.7 Å². The molecule has 9 nitrogen and oxygen atoms in total. The summed E-state index contributed by atoms with van der Waals surface area (Å²) in [6, 6.07) is 7.33. The molecule has 0 amide bonds. The molecular weight excluding hydrogens is 434 g/mol. The number of methoxy groups -OCH3 is 1. The van der Waals surface area contributed by atoms with Gasteiger partial charge in [-0.1, -0.05) is 32.6 Å². The average molecular weight is 466 g/mol. The number of anilines is 3. The molecule has 0 saturated heterocycles. The van der Waals surface area contributed by atoms with E-state index >= 15 is 0 Å². The van der Waals surface area contributed by atoms with E-state index in [2.05, 4.69) is 25.6 Å². The van der Waals surface area contributed by atoms with Crippen molar-refractivity contribution in [3.8, 4) is 17.5 Å². The minimum atomic E-state index is -0.290. The van der Waals surface area contributed by atoms with Gasteiger partial charge in [-0.25, -0.2) is 0 Å². The molecule has 1 aliphatic carbocycles. The third-order valence-electron chi connectivity index (χ3n) is 5.88. The maximum absolute atomic E-state index is 12.4. The van der Waals surface area contributed by atoms with Crippen LogP contribution in [0.2, 0.25) is 0 Å². The van der Waals surface area contributed by atoms with Crippen molar-refractivity contribution in [3.63, 3.8) is 0 Å². The molecule has 0 radical (unpaired) electrons. The van der Waals surface area contributed by atoms with E-state index in [1.807, 2.05) is 32.0 Å². The predicted molar refractivity (Wildman–Crippen MR) is 130 cm³/mol. The van der Waals surface area contributed by atoms with Gasteiger partial charge < -0.3 is 24.5 Å². The lowest BCUT2D eigenvalue weighted by Crippen LogP contribution is -2.21. The summed E-state index contributed by atoms with van der Waals surface area (Å²) in [7, 11) is 1.64. The molecule has 1 aliphatic rings. The lowest BCUT2D eigenvalue weighted by atomic mass is 10.1. The summed E-state index contributed by atoms with van der Waals surface area (Å²) < 4.78 is 16.6. The van der Waals surface area contributed by atoms with Gasteiger partial charge >= 0.3 is 6.01 Å². The standard InChI is InChI=1S/C25H31N5O4/c1-4-20-22(19(31)13-14-33-20)34-25-29-23(26-17-9-7-5-6-8-10-17)28-24(30-25)27-18-11-12-21(32-3)16(2)15-18/h11-15,17H,4-10H2,1-3H3,(H2,26,27,28,29,30). The fourth-order valence-corrected chi connectivity index (χ4v) is 4.10. The molecule has 2 heterocycles. The van der Waals surface area contributed by atoms with Gasteiger partial charge in [0.2, 0.25) is 23.1 Å². The molecule has 4 rings (SSSR count).